The van der Waals surface area contributed by atoms with Gasteiger partial charge in [0.2, 0.25) is 10.0 Å². The van der Waals surface area contributed by atoms with E-state index < -0.39 is 10.0 Å². The fourth-order valence-corrected chi connectivity index (χ4v) is 4.41. The second kappa shape index (κ2) is 7.98. The molecule has 0 aromatic heterocycles. The molecule has 1 aliphatic rings. The highest BCUT2D eigenvalue weighted by atomic mass is 35.5. The van der Waals surface area contributed by atoms with E-state index in [1.807, 2.05) is 30.3 Å². The molecule has 3 rings (SSSR count). The number of nitrogens with one attached hydrogen (secondary N) is 1. The van der Waals surface area contributed by atoms with Crippen molar-refractivity contribution in [2.45, 2.75) is 4.90 Å². The first-order chi connectivity index (χ1) is 11.1. The summed E-state index contributed by atoms with van der Waals surface area (Å²) < 4.78 is 32.3. The van der Waals surface area contributed by atoms with Crippen LogP contribution in [0.15, 0.2) is 59.5 Å². The molecule has 2 aromatic rings. The average Bonchev–Trinajstić information content (AvgIpc) is 2.62. The quantitative estimate of drug-likeness (QED) is 0.674. The first-order valence-electron chi connectivity index (χ1n) is 7.66. The van der Waals surface area contributed by atoms with Crippen LogP contribution < -0.4 is 22.0 Å². The predicted octanol–water partition coefficient (Wildman–Crippen LogP) is -2.08. The molecule has 1 saturated heterocycles. The molecule has 0 atom stereocenters. The van der Waals surface area contributed by atoms with Crippen molar-refractivity contribution >= 4 is 15.7 Å². The third kappa shape index (κ3) is 3.72. The van der Waals surface area contributed by atoms with Gasteiger partial charge in [0.05, 0.1) is 38.2 Å². The standard InChI is InChI=1S/C17H20N2O3S.ClH/c1-22-17-10-6-5-9-16(17)18-11-13-19(14-12-18)23(20,21)15-7-3-2-4-8-15;/h2-10H,11-14H2,1H3;1H. The summed E-state index contributed by atoms with van der Waals surface area (Å²) in [4.78, 5) is 1.61. The van der Waals surface area contributed by atoms with E-state index in [1.54, 1.807) is 35.7 Å². The zero-order valence-electron chi connectivity index (χ0n) is 13.5. The Morgan fingerprint density at radius 3 is 2.17 bits per heavy atom. The number of hydrogen-bond acceptors (Lipinski definition) is 3. The largest absolute Gasteiger partial charge is 1.00 e. The topological polar surface area (TPSA) is 51.1 Å². The van der Waals surface area contributed by atoms with E-state index >= 15 is 0 Å². The minimum absolute atomic E-state index is 0. The van der Waals surface area contributed by atoms with Crippen molar-refractivity contribution in [3.63, 3.8) is 0 Å². The molecule has 5 nitrogen and oxygen atoms in total. The Balaban J connectivity index is 0.00000208. The molecule has 0 saturated carbocycles. The smallest absolute Gasteiger partial charge is 0.243 e. The summed E-state index contributed by atoms with van der Waals surface area (Å²) in [6.45, 7) is 2.47. The van der Waals surface area contributed by atoms with E-state index in [2.05, 4.69) is 0 Å². The molecule has 2 aromatic carbocycles. The van der Waals surface area contributed by atoms with Gasteiger partial charge in [-0.3, -0.25) is 4.90 Å². The van der Waals surface area contributed by atoms with Crippen molar-refractivity contribution in [1.82, 2.24) is 4.31 Å². The van der Waals surface area contributed by atoms with Crippen molar-refractivity contribution < 1.29 is 30.5 Å². The number of nitrogens with zero attached hydrogens (tertiary/aromatic N) is 1. The summed E-state index contributed by atoms with van der Waals surface area (Å²) in [5, 5.41) is 0. The Morgan fingerprint density at radius 1 is 0.958 bits per heavy atom. The highest BCUT2D eigenvalue weighted by Crippen LogP contribution is 2.20. The van der Waals surface area contributed by atoms with Crippen LogP contribution >= 0.6 is 0 Å². The van der Waals surface area contributed by atoms with Crippen molar-refractivity contribution in [2.24, 2.45) is 0 Å². The Kier molecular flexibility index (Phi) is 6.23. The fraction of sp³-hybridized carbons (Fsp3) is 0.294. The van der Waals surface area contributed by atoms with Gasteiger partial charge in [0.15, 0.2) is 11.4 Å². The molecule has 1 heterocycles. The van der Waals surface area contributed by atoms with Gasteiger partial charge >= 0.3 is 0 Å². The number of halogens is 1. The second-order valence-corrected chi connectivity index (χ2v) is 7.46. The van der Waals surface area contributed by atoms with Crippen molar-refractivity contribution in [3.8, 4) is 5.75 Å². The number of rotatable bonds is 4. The van der Waals surface area contributed by atoms with E-state index in [0.29, 0.717) is 18.0 Å². The number of hydrogen-bond donors (Lipinski definition) is 1. The molecular weight excluding hydrogens is 348 g/mol. The monoisotopic (exact) mass is 368 g/mol. The van der Waals surface area contributed by atoms with E-state index in [-0.39, 0.29) is 12.4 Å². The zero-order chi connectivity index (χ0) is 16.3. The third-order valence-corrected chi connectivity index (χ3v) is 6.11. The van der Waals surface area contributed by atoms with Crippen LogP contribution in [0, 0.1) is 0 Å². The highest BCUT2D eigenvalue weighted by Gasteiger charge is 2.31. The van der Waals surface area contributed by atoms with Crippen LogP contribution in [0.4, 0.5) is 5.69 Å². The normalized spacial score (nSPS) is 16.4. The van der Waals surface area contributed by atoms with Gasteiger partial charge in [-0.1, -0.05) is 30.3 Å². The summed E-state index contributed by atoms with van der Waals surface area (Å²) in [6.07, 6.45) is 0. The first-order valence-corrected chi connectivity index (χ1v) is 9.10. The number of benzene rings is 2. The van der Waals surface area contributed by atoms with Gasteiger partial charge in [0.25, 0.3) is 0 Å². The molecule has 0 aliphatic carbocycles. The summed E-state index contributed by atoms with van der Waals surface area (Å²) in [6, 6.07) is 16.5. The van der Waals surface area contributed by atoms with Gasteiger partial charge in [-0.05, 0) is 18.2 Å². The van der Waals surface area contributed by atoms with Crippen LogP contribution in [-0.2, 0) is 10.0 Å². The van der Waals surface area contributed by atoms with Crippen LogP contribution in [0.3, 0.4) is 0 Å². The summed E-state index contributed by atoms with van der Waals surface area (Å²) in [7, 11) is -1.73. The minimum Gasteiger partial charge on any atom is -1.00 e. The van der Waals surface area contributed by atoms with Gasteiger partial charge in [0.1, 0.15) is 0 Å². The zero-order valence-corrected chi connectivity index (χ0v) is 15.1. The van der Waals surface area contributed by atoms with E-state index in [9.17, 15) is 8.42 Å². The number of sulfonamides is 1. The SMILES string of the molecule is COc1ccccc1[NH+]1CCN(S(=O)(=O)c2ccccc2)CC1.[Cl-]. The Bertz CT molecular complexity index is 760. The molecule has 0 amide bonds. The number of methoxy groups -OCH3 is 1. The average molecular weight is 369 g/mol. The maximum Gasteiger partial charge on any atom is 0.243 e. The molecule has 0 bridgehead atoms. The van der Waals surface area contributed by atoms with Crippen LogP contribution in [-0.4, -0.2) is 46.0 Å². The minimum atomic E-state index is -3.39. The van der Waals surface area contributed by atoms with Gasteiger partial charge in [-0.15, -0.1) is 0 Å². The number of quaternary nitrogens is 1. The maximum absolute atomic E-state index is 12.6. The van der Waals surface area contributed by atoms with Crippen LogP contribution in [0.5, 0.6) is 5.75 Å². The van der Waals surface area contributed by atoms with Crippen molar-refractivity contribution in [1.29, 1.82) is 0 Å². The van der Waals surface area contributed by atoms with Crippen molar-refractivity contribution in [3.05, 3.63) is 54.6 Å². The second-order valence-electron chi connectivity index (χ2n) is 5.52. The lowest BCUT2D eigenvalue weighted by atomic mass is 10.2. The van der Waals surface area contributed by atoms with Gasteiger partial charge < -0.3 is 17.1 Å². The highest BCUT2D eigenvalue weighted by molar-refractivity contribution is 7.89. The fourth-order valence-electron chi connectivity index (χ4n) is 2.94. The molecule has 0 radical (unpaired) electrons. The van der Waals surface area contributed by atoms with Crippen LogP contribution in [0.1, 0.15) is 0 Å². The van der Waals surface area contributed by atoms with E-state index in [0.717, 1.165) is 24.5 Å². The summed E-state index contributed by atoms with van der Waals surface area (Å²) in [5.74, 6) is 0.849. The maximum atomic E-state index is 12.6. The lowest BCUT2D eigenvalue weighted by Gasteiger charge is -2.31. The van der Waals surface area contributed by atoms with Crippen LogP contribution in [0.25, 0.3) is 0 Å². The van der Waals surface area contributed by atoms with Gasteiger partial charge in [0, 0.05) is 6.07 Å². The molecule has 1 fully saturated rings. The van der Waals surface area contributed by atoms with Gasteiger partial charge in [-0.25, -0.2) is 8.42 Å². The lowest BCUT2D eigenvalue weighted by molar-refractivity contribution is -0.837. The van der Waals surface area contributed by atoms with Gasteiger partial charge in [-0.2, -0.15) is 4.31 Å². The molecule has 0 unspecified atom stereocenters. The Hall–Kier alpha value is -1.60. The van der Waals surface area contributed by atoms with Crippen LogP contribution in [0.2, 0.25) is 0 Å². The summed E-state index contributed by atoms with van der Waals surface area (Å²) >= 11 is 0. The summed E-state index contributed by atoms with van der Waals surface area (Å²) in [5.41, 5.74) is 1.09. The molecule has 1 aliphatic heterocycles. The molecule has 1 N–H and O–H groups in total. The molecule has 7 heteroatoms. The third-order valence-electron chi connectivity index (χ3n) is 4.19. The van der Waals surface area contributed by atoms with E-state index in [4.69, 9.17) is 4.74 Å². The number of ether oxygens (including phenoxy) is 1. The predicted molar refractivity (Wildman–Crippen MR) is 88.6 cm³/mol. The number of para-hydroxylation sites is 2. The molecule has 24 heavy (non-hydrogen) atoms. The van der Waals surface area contributed by atoms with Crippen molar-refractivity contribution in [2.75, 3.05) is 33.3 Å². The molecular formula is C17H21ClN2O3S. The Labute approximate surface area is 149 Å². The van der Waals surface area contributed by atoms with E-state index in [1.165, 1.54) is 4.90 Å². The Morgan fingerprint density at radius 2 is 1.54 bits per heavy atom. The first kappa shape index (κ1) is 18.7. The number of piperazine rings is 1. The molecule has 0 spiro atoms. The lowest BCUT2D eigenvalue weighted by Crippen LogP contribution is -3.10. The molecule has 130 valence electrons.